The van der Waals surface area contributed by atoms with Crippen molar-refractivity contribution >= 4 is 23.8 Å². The summed E-state index contributed by atoms with van der Waals surface area (Å²) >= 11 is 0. The normalized spacial score (nSPS) is 12.4. The Morgan fingerprint density at radius 1 is 0.520 bits per heavy atom. The maximum Gasteiger partial charge on any atom is 0.328 e. The molecule has 0 aromatic carbocycles. The first kappa shape index (κ1) is 47.8. The van der Waals surface area contributed by atoms with Crippen LogP contribution in [-0.2, 0) is 23.9 Å². The van der Waals surface area contributed by atoms with Crippen molar-refractivity contribution in [3.8, 4) is 0 Å². The molecule has 0 aromatic rings. The van der Waals surface area contributed by atoms with Crippen molar-refractivity contribution < 1.29 is 34.1 Å². The number of carboxylic acid groups (broad SMARTS) is 1. The summed E-state index contributed by atoms with van der Waals surface area (Å²) in [5, 5.41) is 22.5. The molecule has 2 atom stereocenters. The molecule has 4 N–H and O–H groups in total. The molecule has 2 unspecified atom stereocenters. The maximum absolute atomic E-state index is 12.7. The number of hydrogen-bond acceptors (Lipinski definition) is 6. The van der Waals surface area contributed by atoms with Gasteiger partial charge in [-0.2, -0.15) is 0 Å². The van der Waals surface area contributed by atoms with Crippen molar-refractivity contribution in [1.82, 2.24) is 10.6 Å². The summed E-state index contributed by atoms with van der Waals surface area (Å²) in [5.41, 5.74) is 0. The molecular formula is C41H78N2O7. The second kappa shape index (κ2) is 36.6. The number of unbranched alkanes of at least 4 members (excludes halogenated alkanes) is 24. The molecule has 0 saturated heterocycles. The van der Waals surface area contributed by atoms with Gasteiger partial charge in [-0.15, -0.1) is 0 Å². The molecule has 0 spiro atoms. The fourth-order valence-corrected chi connectivity index (χ4v) is 6.36. The Morgan fingerprint density at radius 2 is 0.900 bits per heavy atom. The second-order valence-corrected chi connectivity index (χ2v) is 14.4. The summed E-state index contributed by atoms with van der Waals surface area (Å²) in [7, 11) is 0. The van der Waals surface area contributed by atoms with Gasteiger partial charge in [0.1, 0.15) is 12.1 Å². The van der Waals surface area contributed by atoms with Crippen LogP contribution in [0.1, 0.15) is 213 Å². The number of ether oxygens (including phenoxy) is 1. The van der Waals surface area contributed by atoms with Crippen molar-refractivity contribution in [1.29, 1.82) is 0 Å². The van der Waals surface area contributed by atoms with Crippen LogP contribution in [0.2, 0.25) is 0 Å². The summed E-state index contributed by atoms with van der Waals surface area (Å²) in [5.74, 6) is -2.28. The fraction of sp³-hybridized carbons (Fsp3) is 0.902. The Kier molecular flexibility index (Phi) is 35.0. The number of nitrogens with one attached hydrogen (secondary N) is 2. The second-order valence-electron chi connectivity index (χ2n) is 14.4. The van der Waals surface area contributed by atoms with Crippen molar-refractivity contribution in [3.63, 3.8) is 0 Å². The summed E-state index contributed by atoms with van der Waals surface area (Å²) in [6, 6.07) is -1.38. The van der Waals surface area contributed by atoms with E-state index < -0.39 is 24.5 Å². The SMILES string of the molecule is CCCCCCCCCCCCCCCCC(=O)OC(CCCCCCCCCC)CCCCCCCC(=O)NCC(=O)NC(CO)C(=O)O. The zero-order valence-electron chi connectivity index (χ0n) is 32.4. The highest BCUT2D eigenvalue weighted by Crippen LogP contribution is 2.19. The molecule has 0 bridgehead atoms. The van der Waals surface area contributed by atoms with Crippen molar-refractivity contribution in [2.75, 3.05) is 13.2 Å². The molecule has 9 heteroatoms. The minimum absolute atomic E-state index is 0.00211. The number of rotatable bonds is 38. The third-order valence-corrected chi connectivity index (χ3v) is 9.60. The Hall–Kier alpha value is -2.16. The first-order valence-corrected chi connectivity index (χ1v) is 20.9. The number of carbonyl (C=O) groups excluding carboxylic acids is 3. The summed E-state index contributed by atoms with van der Waals surface area (Å²) in [4.78, 5) is 47.4. The van der Waals surface area contributed by atoms with Crippen LogP contribution in [-0.4, -0.2) is 59.3 Å². The molecule has 0 heterocycles. The number of aliphatic carboxylic acids is 1. The first-order chi connectivity index (χ1) is 24.3. The van der Waals surface area contributed by atoms with E-state index in [1.165, 1.54) is 122 Å². The van der Waals surface area contributed by atoms with Gasteiger partial charge in [-0.05, 0) is 38.5 Å². The van der Waals surface area contributed by atoms with E-state index in [0.29, 0.717) is 19.3 Å². The molecule has 0 aliphatic carbocycles. The Bertz CT molecular complexity index is 823. The number of carbonyl (C=O) groups is 4. The highest BCUT2D eigenvalue weighted by molar-refractivity contribution is 5.87. The zero-order valence-corrected chi connectivity index (χ0v) is 32.4. The number of amides is 2. The van der Waals surface area contributed by atoms with E-state index in [0.717, 1.165) is 57.8 Å². The molecule has 0 radical (unpaired) electrons. The minimum Gasteiger partial charge on any atom is -0.480 e. The van der Waals surface area contributed by atoms with Gasteiger partial charge < -0.3 is 25.6 Å². The molecular weight excluding hydrogens is 632 g/mol. The molecule has 0 aromatic heterocycles. The lowest BCUT2D eigenvalue weighted by Crippen LogP contribution is -2.47. The first-order valence-electron chi connectivity index (χ1n) is 20.9. The summed E-state index contributed by atoms with van der Waals surface area (Å²) in [6.07, 6.45) is 35.6. The molecule has 0 aliphatic rings. The highest BCUT2D eigenvalue weighted by Gasteiger charge is 2.19. The van der Waals surface area contributed by atoms with Gasteiger partial charge >= 0.3 is 11.9 Å². The average molecular weight is 711 g/mol. The van der Waals surface area contributed by atoms with Crippen LogP contribution < -0.4 is 10.6 Å². The number of hydrogen-bond donors (Lipinski definition) is 4. The van der Waals surface area contributed by atoms with Crippen molar-refractivity contribution in [2.24, 2.45) is 0 Å². The summed E-state index contributed by atoms with van der Waals surface area (Å²) < 4.78 is 6.00. The lowest BCUT2D eigenvalue weighted by Gasteiger charge is -2.18. The largest absolute Gasteiger partial charge is 0.480 e. The molecule has 0 saturated carbocycles. The Morgan fingerprint density at radius 3 is 1.30 bits per heavy atom. The van der Waals surface area contributed by atoms with Gasteiger partial charge in [0.25, 0.3) is 0 Å². The third kappa shape index (κ3) is 33.0. The Labute approximate surface area is 306 Å². The van der Waals surface area contributed by atoms with Crippen molar-refractivity contribution in [2.45, 2.75) is 225 Å². The van der Waals surface area contributed by atoms with E-state index in [1.807, 2.05) is 0 Å². The molecule has 50 heavy (non-hydrogen) atoms. The molecule has 9 nitrogen and oxygen atoms in total. The van der Waals surface area contributed by atoms with E-state index in [2.05, 4.69) is 24.5 Å². The smallest absolute Gasteiger partial charge is 0.328 e. The van der Waals surface area contributed by atoms with Gasteiger partial charge in [-0.1, -0.05) is 162 Å². The van der Waals surface area contributed by atoms with E-state index in [-0.39, 0.29) is 24.5 Å². The van der Waals surface area contributed by atoms with Gasteiger partial charge in [0, 0.05) is 12.8 Å². The third-order valence-electron chi connectivity index (χ3n) is 9.60. The predicted molar refractivity (Wildman–Crippen MR) is 204 cm³/mol. The van der Waals surface area contributed by atoms with Gasteiger partial charge in [-0.3, -0.25) is 14.4 Å². The lowest BCUT2D eigenvalue weighted by molar-refractivity contribution is -0.150. The van der Waals surface area contributed by atoms with E-state index in [1.54, 1.807) is 0 Å². The topological polar surface area (TPSA) is 142 Å². The van der Waals surface area contributed by atoms with Gasteiger partial charge in [0.2, 0.25) is 11.8 Å². The molecule has 294 valence electrons. The molecule has 0 aliphatic heterocycles. The molecule has 0 fully saturated rings. The van der Waals surface area contributed by atoms with Crippen LogP contribution in [0.25, 0.3) is 0 Å². The lowest BCUT2D eigenvalue weighted by atomic mass is 10.0. The van der Waals surface area contributed by atoms with Crippen LogP contribution in [0, 0.1) is 0 Å². The molecule has 0 rings (SSSR count). The van der Waals surface area contributed by atoms with E-state index in [9.17, 15) is 19.2 Å². The highest BCUT2D eigenvalue weighted by atomic mass is 16.5. The average Bonchev–Trinajstić information content (AvgIpc) is 3.10. The maximum atomic E-state index is 12.7. The van der Waals surface area contributed by atoms with E-state index in [4.69, 9.17) is 14.9 Å². The van der Waals surface area contributed by atoms with Crippen LogP contribution >= 0.6 is 0 Å². The summed E-state index contributed by atoms with van der Waals surface area (Å²) in [6.45, 7) is 3.48. The number of carboxylic acids is 1. The zero-order chi connectivity index (χ0) is 36.9. The van der Waals surface area contributed by atoms with Gasteiger partial charge in [-0.25, -0.2) is 4.79 Å². The van der Waals surface area contributed by atoms with Crippen LogP contribution in [0.15, 0.2) is 0 Å². The quantitative estimate of drug-likeness (QED) is 0.0369. The number of aliphatic hydroxyl groups is 1. The standard InChI is InChI=1S/C41H78N2O7/c1-3-5-7-9-11-13-14-15-16-17-18-20-25-29-33-40(47)50-36(30-26-22-19-12-10-8-6-4-2)31-27-23-21-24-28-32-38(45)42-34-39(46)43-37(35-44)41(48)49/h36-37,44H,3-35H2,1-2H3,(H,42,45)(H,43,46)(H,48,49). The number of esters is 1. The van der Waals surface area contributed by atoms with E-state index >= 15 is 0 Å². The van der Waals surface area contributed by atoms with Crippen molar-refractivity contribution in [3.05, 3.63) is 0 Å². The fourth-order valence-electron chi connectivity index (χ4n) is 6.36. The monoisotopic (exact) mass is 711 g/mol. The number of aliphatic hydroxyl groups excluding tert-OH is 1. The Balaban J connectivity index is 4.18. The van der Waals surface area contributed by atoms with Crippen LogP contribution in [0.3, 0.4) is 0 Å². The molecule has 2 amide bonds. The predicted octanol–water partition coefficient (Wildman–Crippen LogP) is 9.71. The van der Waals surface area contributed by atoms with Gasteiger partial charge in [0.05, 0.1) is 13.2 Å². The minimum atomic E-state index is -1.38. The van der Waals surface area contributed by atoms with Gasteiger partial charge in [0.15, 0.2) is 0 Å². The van der Waals surface area contributed by atoms with Crippen LogP contribution in [0.5, 0.6) is 0 Å². The van der Waals surface area contributed by atoms with Crippen LogP contribution in [0.4, 0.5) is 0 Å².